The molecular formula is C33H32BBrF2O7. The number of rotatable bonds is 5. The summed E-state index contributed by atoms with van der Waals surface area (Å²) >= 11 is 3.28. The second kappa shape index (κ2) is 10.7. The number of esters is 1. The number of hydrogen-bond donors (Lipinski definition) is 0. The molecule has 1 saturated heterocycles. The van der Waals surface area contributed by atoms with Crippen LogP contribution in [0.3, 0.4) is 0 Å². The van der Waals surface area contributed by atoms with Gasteiger partial charge in [0, 0.05) is 16.5 Å². The van der Waals surface area contributed by atoms with Gasteiger partial charge in [0.25, 0.3) is 0 Å². The van der Waals surface area contributed by atoms with E-state index in [2.05, 4.69) is 25.4 Å². The van der Waals surface area contributed by atoms with Crippen LogP contribution >= 0.6 is 15.9 Å². The predicted octanol–water partition coefficient (Wildman–Crippen LogP) is 6.58. The van der Waals surface area contributed by atoms with Crippen molar-refractivity contribution in [2.24, 2.45) is 0 Å². The van der Waals surface area contributed by atoms with Crippen LogP contribution in [0.15, 0.2) is 59.1 Å². The molecule has 7 nitrogen and oxygen atoms in total. The van der Waals surface area contributed by atoms with Crippen LogP contribution in [0.25, 0.3) is 0 Å². The van der Waals surface area contributed by atoms with E-state index < -0.39 is 30.0 Å². The fourth-order valence-electron chi connectivity index (χ4n) is 5.56. The second-order valence-corrected chi connectivity index (χ2v) is 13.6. The molecular weight excluding hydrogens is 637 g/mol. The molecule has 0 aromatic heterocycles. The van der Waals surface area contributed by atoms with Gasteiger partial charge in [0.05, 0.1) is 22.2 Å². The van der Waals surface area contributed by atoms with Gasteiger partial charge in [-0.3, -0.25) is 4.79 Å². The molecule has 3 aliphatic heterocycles. The number of aryl methyl sites for hydroxylation is 1. The standard InChI is InChI=1S/C25H27BF2O5.C8H5BrO2/c1-15-6-7-16(12-18(15)26-32-22(2,3)23(4,5)33-26)13-21(29)24(10-11-24)17-8-9-19-20(14-17)31-25(27,28)30-19;9-6-2-1-5-4-11-8(10)7(5)3-6/h6-9,12,14H,10-11,13H2,1-5H3;1-3H,4H2. The van der Waals surface area contributed by atoms with E-state index in [0.717, 1.165) is 26.6 Å². The van der Waals surface area contributed by atoms with E-state index in [1.54, 1.807) is 12.1 Å². The number of carbonyl (C=O) groups excluding carboxylic acids is 2. The summed E-state index contributed by atoms with van der Waals surface area (Å²) in [7, 11) is -0.504. The zero-order valence-corrected chi connectivity index (χ0v) is 26.7. The molecule has 1 aliphatic carbocycles. The van der Waals surface area contributed by atoms with Gasteiger partial charge in [0.1, 0.15) is 12.4 Å². The average Bonchev–Trinajstić information content (AvgIpc) is 3.52. The van der Waals surface area contributed by atoms with Crippen LogP contribution < -0.4 is 14.9 Å². The Morgan fingerprint density at radius 2 is 1.59 bits per heavy atom. The monoisotopic (exact) mass is 668 g/mol. The van der Waals surface area contributed by atoms with Crippen LogP contribution in [0.5, 0.6) is 11.5 Å². The van der Waals surface area contributed by atoms with Gasteiger partial charge >= 0.3 is 19.4 Å². The van der Waals surface area contributed by atoms with Crippen LogP contribution in [0.4, 0.5) is 8.78 Å². The molecule has 3 aromatic carbocycles. The lowest BCUT2D eigenvalue weighted by Gasteiger charge is -2.32. The van der Waals surface area contributed by atoms with E-state index >= 15 is 0 Å². The molecule has 0 atom stereocenters. The van der Waals surface area contributed by atoms with Crippen molar-refractivity contribution in [1.82, 2.24) is 0 Å². The minimum absolute atomic E-state index is 0.0161. The Hall–Kier alpha value is -3.28. The molecule has 0 N–H and O–H groups in total. The number of benzene rings is 3. The molecule has 0 unspecified atom stereocenters. The number of cyclic esters (lactones) is 1. The average molecular weight is 669 g/mol. The molecule has 4 aliphatic rings. The van der Waals surface area contributed by atoms with Crippen molar-refractivity contribution in [2.75, 3.05) is 0 Å². The first-order valence-electron chi connectivity index (χ1n) is 14.4. The lowest BCUT2D eigenvalue weighted by Crippen LogP contribution is -2.41. The molecule has 0 spiro atoms. The van der Waals surface area contributed by atoms with Gasteiger partial charge in [0.15, 0.2) is 11.5 Å². The minimum atomic E-state index is -3.67. The molecule has 44 heavy (non-hydrogen) atoms. The molecule has 2 fully saturated rings. The summed E-state index contributed by atoms with van der Waals surface area (Å²) < 4.78 is 54.0. The van der Waals surface area contributed by atoms with Crippen LogP contribution in [0.1, 0.15) is 73.1 Å². The summed E-state index contributed by atoms with van der Waals surface area (Å²) in [5, 5.41) is 0. The number of carbonyl (C=O) groups is 2. The first-order chi connectivity index (χ1) is 20.6. The van der Waals surface area contributed by atoms with Crippen molar-refractivity contribution in [3.8, 4) is 11.5 Å². The number of halogens is 3. The minimum Gasteiger partial charge on any atom is -0.457 e. The number of fused-ring (bicyclic) bond motifs is 2. The van der Waals surface area contributed by atoms with Crippen molar-refractivity contribution < 1.29 is 41.9 Å². The van der Waals surface area contributed by atoms with E-state index in [-0.39, 0.29) is 29.7 Å². The third-order valence-electron chi connectivity index (χ3n) is 9.10. The molecule has 3 heterocycles. The Morgan fingerprint density at radius 3 is 2.27 bits per heavy atom. The van der Waals surface area contributed by atoms with Crippen LogP contribution in [-0.4, -0.2) is 36.4 Å². The second-order valence-electron chi connectivity index (χ2n) is 12.7. The Balaban J connectivity index is 0.000000261. The van der Waals surface area contributed by atoms with Gasteiger partial charge in [0.2, 0.25) is 0 Å². The molecule has 230 valence electrons. The largest absolute Gasteiger partial charge is 0.586 e. The Kier molecular flexibility index (Phi) is 7.45. The summed E-state index contributed by atoms with van der Waals surface area (Å²) in [4.78, 5) is 24.3. The zero-order chi connectivity index (χ0) is 31.7. The molecule has 0 amide bonds. The predicted molar refractivity (Wildman–Crippen MR) is 162 cm³/mol. The van der Waals surface area contributed by atoms with Crippen molar-refractivity contribution in [2.45, 2.75) is 83.4 Å². The van der Waals surface area contributed by atoms with Crippen molar-refractivity contribution >= 4 is 40.3 Å². The third kappa shape index (κ3) is 5.65. The quantitative estimate of drug-likeness (QED) is 0.225. The fourth-order valence-corrected chi connectivity index (χ4v) is 5.93. The maximum atomic E-state index is 13.4. The smallest absolute Gasteiger partial charge is 0.457 e. The van der Waals surface area contributed by atoms with Gasteiger partial charge in [-0.25, -0.2) is 4.79 Å². The van der Waals surface area contributed by atoms with Gasteiger partial charge in [-0.05, 0) is 88.3 Å². The Morgan fingerprint density at radius 1 is 0.909 bits per heavy atom. The van der Waals surface area contributed by atoms with Gasteiger partial charge in [-0.1, -0.05) is 51.8 Å². The Labute approximate surface area is 263 Å². The Bertz CT molecular complexity index is 1650. The topological polar surface area (TPSA) is 80.3 Å². The molecule has 0 radical (unpaired) electrons. The van der Waals surface area contributed by atoms with Crippen molar-refractivity contribution in [3.05, 3.63) is 86.9 Å². The highest BCUT2D eigenvalue weighted by atomic mass is 79.9. The van der Waals surface area contributed by atoms with E-state index in [0.29, 0.717) is 30.6 Å². The lowest BCUT2D eigenvalue weighted by molar-refractivity contribution is -0.286. The number of ketones is 1. The van der Waals surface area contributed by atoms with Crippen molar-refractivity contribution in [3.63, 3.8) is 0 Å². The lowest BCUT2D eigenvalue weighted by atomic mass is 9.75. The van der Waals surface area contributed by atoms with E-state index in [4.69, 9.17) is 14.0 Å². The third-order valence-corrected chi connectivity index (χ3v) is 9.60. The van der Waals surface area contributed by atoms with Gasteiger partial charge < -0.3 is 23.5 Å². The van der Waals surface area contributed by atoms with Crippen LogP contribution in [0.2, 0.25) is 0 Å². The highest BCUT2D eigenvalue weighted by molar-refractivity contribution is 9.10. The first-order valence-corrected chi connectivity index (χ1v) is 15.2. The highest BCUT2D eigenvalue weighted by Gasteiger charge is 2.53. The van der Waals surface area contributed by atoms with Crippen LogP contribution in [-0.2, 0) is 37.3 Å². The molecule has 0 bridgehead atoms. The molecule has 3 aromatic rings. The fraction of sp³-hybridized carbons (Fsp3) is 0.394. The van der Waals surface area contributed by atoms with E-state index in [1.165, 1.54) is 12.1 Å². The molecule has 7 rings (SSSR count). The normalized spacial score (nSPS) is 20.8. The molecule has 1 saturated carbocycles. The van der Waals surface area contributed by atoms with Crippen molar-refractivity contribution in [1.29, 1.82) is 0 Å². The molecule has 11 heteroatoms. The first kappa shape index (κ1) is 30.7. The zero-order valence-electron chi connectivity index (χ0n) is 25.1. The summed E-state index contributed by atoms with van der Waals surface area (Å²) in [6.07, 6.45) is -2.08. The van der Waals surface area contributed by atoms with Crippen LogP contribution in [0, 0.1) is 6.92 Å². The number of hydrogen-bond acceptors (Lipinski definition) is 7. The highest BCUT2D eigenvalue weighted by Crippen LogP contribution is 2.52. The number of alkyl halides is 2. The maximum absolute atomic E-state index is 13.4. The van der Waals surface area contributed by atoms with Gasteiger partial charge in [-0.15, -0.1) is 8.78 Å². The number of Topliss-reactive ketones (excluding diaryl/α,β-unsaturated/α-hetero) is 1. The SMILES string of the molecule is Cc1ccc(CC(=O)C2(c3ccc4c(c3)OC(F)(F)O4)CC2)cc1B1OC(C)(C)C(C)(C)O1.O=C1OCc2ccc(Br)cc21. The summed E-state index contributed by atoms with van der Waals surface area (Å²) in [6.45, 7) is 10.4. The maximum Gasteiger partial charge on any atom is 0.586 e. The summed E-state index contributed by atoms with van der Waals surface area (Å²) in [6, 6.07) is 16.1. The van der Waals surface area contributed by atoms with Gasteiger partial charge in [-0.2, -0.15) is 0 Å². The summed E-state index contributed by atoms with van der Waals surface area (Å²) in [5.74, 6) is -0.217. The summed E-state index contributed by atoms with van der Waals surface area (Å²) in [5.41, 5.74) is 3.56. The number of ether oxygens (including phenoxy) is 3. The van der Waals surface area contributed by atoms with E-state index in [9.17, 15) is 18.4 Å². The van der Waals surface area contributed by atoms with E-state index in [1.807, 2.05) is 65.0 Å².